The first-order chi connectivity index (χ1) is 7.51. The van der Waals surface area contributed by atoms with Crippen molar-refractivity contribution in [3.63, 3.8) is 0 Å². The highest BCUT2D eigenvalue weighted by molar-refractivity contribution is 9.10. The van der Waals surface area contributed by atoms with Gasteiger partial charge in [0.2, 0.25) is 0 Å². The van der Waals surface area contributed by atoms with Gasteiger partial charge in [0.15, 0.2) is 5.69 Å². The molecule has 0 saturated carbocycles. The number of methoxy groups -OCH3 is 1. The van der Waals surface area contributed by atoms with Crippen LogP contribution in [0.1, 0.15) is 28.0 Å². The Bertz CT molecular complexity index is 413. The van der Waals surface area contributed by atoms with E-state index >= 15 is 0 Å². The van der Waals surface area contributed by atoms with E-state index in [0.29, 0.717) is 0 Å². The quantitative estimate of drug-likeness (QED) is 0.684. The third-order valence-electron chi connectivity index (χ3n) is 1.93. The van der Waals surface area contributed by atoms with E-state index in [1.54, 1.807) is 0 Å². The van der Waals surface area contributed by atoms with Crippen LogP contribution in [0.5, 0.6) is 0 Å². The van der Waals surface area contributed by atoms with E-state index in [1.165, 1.54) is 6.07 Å². The third kappa shape index (κ3) is 2.53. The van der Waals surface area contributed by atoms with Gasteiger partial charge in [-0.15, -0.1) is 0 Å². The number of carbonyl (C=O) groups is 1. The van der Waals surface area contributed by atoms with Gasteiger partial charge in [0, 0.05) is 6.54 Å². The molecule has 0 aliphatic rings. The molecule has 2 N–H and O–H groups in total. The summed E-state index contributed by atoms with van der Waals surface area (Å²) in [6.07, 6.45) is -2.83. The molecule has 1 aromatic heterocycles. The summed E-state index contributed by atoms with van der Waals surface area (Å²) in [6, 6.07) is 1.36. The lowest BCUT2D eigenvalue weighted by Gasteiger charge is -2.11. The molecule has 0 aromatic carbocycles. The minimum atomic E-state index is -2.83. The number of carbonyl (C=O) groups excluding carboxylic acids is 1. The fraction of sp³-hybridized carbons (Fsp3) is 0.333. The lowest BCUT2D eigenvalue weighted by atomic mass is 10.1. The molecule has 4 nitrogen and oxygen atoms in total. The summed E-state index contributed by atoms with van der Waals surface area (Å²) in [4.78, 5) is 15.0. The van der Waals surface area contributed by atoms with Gasteiger partial charge < -0.3 is 10.5 Å². The number of aromatic nitrogens is 1. The monoisotopic (exact) mass is 294 g/mol. The summed E-state index contributed by atoms with van der Waals surface area (Å²) < 4.78 is 30.2. The van der Waals surface area contributed by atoms with Gasteiger partial charge in [0.25, 0.3) is 6.43 Å². The van der Waals surface area contributed by atoms with Crippen molar-refractivity contribution in [3.05, 3.63) is 27.5 Å². The van der Waals surface area contributed by atoms with Crippen LogP contribution < -0.4 is 5.73 Å². The van der Waals surface area contributed by atoms with Crippen molar-refractivity contribution >= 4 is 21.9 Å². The van der Waals surface area contributed by atoms with Crippen LogP contribution >= 0.6 is 15.9 Å². The first-order valence-electron chi connectivity index (χ1n) is 4.27. The van der Waals surface area contributed by atoms with Gasteiger partial charge in [-0.05, 0) is 27.6 Å². The lowest BCUT2D eigenvalue weighted by molar-refractivity contribution is 0.0580. The molecule has 7 heteroatoms. The molecule has 0 amide bonds. The number of hydrogen-bond donors (Lipinski definition) is 1. The average Bonchev–Trinajstić information content (AvgIpc) is 2.26. The van der Waals surface area contributed by atoms with Crippen LogP contribution in [0, 0.1) is 0 Å². The number of esters is 1. The molecule has 1 heterocycles. The highest BCUT2D eigenvalue weighted by Crippen LogP contribution is 2.28. The molecule has 0 saturated heterocycles. The number of nitrogens with zero attached hydrogens (tertiary/aromatic N) is 1. The number of alkyl halides is 2. The van der Waals surface area contributed by atoms with Gasteiger partial charge in [-0.3, -0.25) is 0 Å². The second-order valence-corrected chi connectivity index (χ2v) is 3.68. The first-order valence-corrected chi connectivity index (χ1v) is 5.06. The van der Waals surface area contributed by atoms with Crippen LogP contribution in [0.2, 0.25) is 0 Å². The minimum absolute atomic E-state index is 0.106. The van der Waals surface area contributed by atoms with Crippen LogP contribution in [-0.2, 0) is 11.3 Å². The van der Waals surface area contributed by atoms with E-state index in [2.05, 4.69) is 25.7 Å². The number of halogens is 3. The van der Waals surface area contributed by atoms with Crippen LogP contribution in [-0.4, -0.2) is 18.1 Å². The minimum Gasteiger partial charge on any atom is -0.464 e. The molecule has 0 radical (unpaired) electrons. The fourth-order valence-electron chi connectivity index (χ4n) is 1.24. The van der Waals surface area contributed by atoms with E-state index in [-0.39, 0.29) is 16.7 Å². The third-order valence-corrected chi connectivity index (χ3v) is 2.34. The highest BCUT2D eigenvalue weighted by atomic mass is 79.9. The van der Waals surface area contributed by atoms with Crippen LogP contribution in [0.4, 0.5) is 8.78 Å². The first kappa shape index (κ1) is 13.0. The van der Waals surface area contributed by atoms with E-state index in [4.69, 9.17) is 5.73 Å². The summed E-state index contributed by atoms with van der Waals surface area (Å²) in [5, 5.41) is 0. The van der Waals surface area contributed by atoms with Crippen molar-refractivity contribution in [3.8, 4) is 0 Å². The van der Waals surface area contributed by atoms with Gasteiger partial charge in [-0.25, -0.2) is 18.6 Å². The van der Waals surface area contributed by atoms with Crippen LogP contribution in [0.15, 0.2) is 10.7 Å². The molecule has 1 rings (SSSR count). The number of nitrogens with two attached hydrogens (primary N) is 1. The summed E-state index contributed by atoms with van der Waals surface area (Å²) >= 11 is 3.02. The van der Waals surface area contributed by atoms with Crippen molar-refractivity contribution < 1.29 is 18.3 Å². The number of ether oxygens (including phenoxy) is 1. The van der Waals surface area contributed by atoms with Gasteiger partial charge in [0.05, 0.1) is 12.7 Å². The average molecular weight is 295 g/mol. The Balaban J connectivity index is 3.44. The van der Waals surface area contributed by atoms with E-state index in [9.17, 15) is 13.6 Å². The largest absolute Gasteiger partial charge is 0.464 e. The van der Waals surface area contributed by atoms with Crippen molar-refractivity contribution in [2.45, 2.75) is 13.0 Å². The molecule has 0 bridgehead atoms. The molecule has 0 atom stereocenters. The zero-order chi connectivity index (χ0) is 12.3. The van der Waals surface area contributed by atoms with Crippen LogP contribution in [0.25, 0.3) is 0 Å². The normalized spacial score (nSPS) is 10.6. The Morgan fingerprint density at radius 3 is 2.75 bits per heavy atom. The molecule has 16 heavy (non-hydrogen) atoms. The molecule has 0 aliphatic heterocycles. The van der Waals surface area contributed by atoms with Gasteiger partial charge >= 0.3 is 5.97 Å². The van der Waals surface area contributed by atoms with Gasteiger partial charge in [-0.1, -0.05) is 0 Å². The molecule has 0 unspecified atom stereocenters. The molecule has 0 aliphatic carbocycles. The topological polar surface area (TPSA) is 65.2 Å². The van der Waals surface area contributed by atoms with Crippen LogP contribution in [0.3, 0.4) is 0 Å². The summed E-state index contributed by atoms with van der Waals surface area (Å²) in [6.45, 7) is -0.106. The van der Waals surface area contributed by atoms with Crippen molar-refractivity contribution in [1.29, 1.82) is 0 Å². The van der Waals surface area contributed by atoms with Gasteiger partial charge in [0.1, 0.15) is 4.60 Å². The maximum absolute atomic E-state index is 12.8. The molecular formula is C9H9BrF2N2O2. The molecular weight excluding hydrogens is 286 g/mol. The Labute approximate surface area is 98.9 Å². The number of pyridine rings is 1. The standard InChI is InChI=1S/C9H9BrF2N2O2/c1-16-9(15)7-6(8(11)12)4(3-13)2-5(10)14-7/h2,8H,3,13H2,1H3. The van der Waals surface area contributed by atoms with E-state index in [0.717, 1.165) is 7.11 Å². The molecule has 88 valence electrons. The molecule has 0 fully saturated rings. The highest BCUT2D eigenvalue weighted by Gasteiger charge is 2.24. The molecule has 1 aromatic rings. The van der Waals surface area contributed by atoms with Gasteiger partial charge in [-0.2, -0.15) is 0 Å². The zero-order valence-corrected chi connectivity index (χ0v) is 9.92. The lowest BCUT2D eigenvalue weighted by Crippen LogP contribution is -2.14. The number of rotatable bonds is 3. The molecule has 0 spiro atoms. The Morgan fingerprint density at radius 2 is 2.31 bits per heavy atom. The van der Waals surface area contributed by atoms with Crippen molar-refractivity contribution in [2.24, 2.45) is 5.73 Å². The summed E-state index contributed by atoms with van der Waals surface area (Å²) in [5.41, 5.74) is 4.61. The second kappa shape index (κ2) is 5.31. The SMILES string of the molecule is COC(=O)c1nc(Br)cc(CN)c1C(F)F. The van der Waals surface area contributed by atoms with Crippen molar-refractivity contribution in [2.75, 3.05) is 7.11 Å². The predicted octanol–water partition coefficient (Wildman–Crippen LogP) is 2.03. The Morgan fingerprint density at radius 1 is 1.69 bits per heavy atom. The summed E-state index contributed by atoms with van der Waals surface area (Å²) in [5.74, 6) is -0.911. The second-order valence-electron chi connectivity index (χ2n) is 2.86. The fourth-order valence-corrected chi connectivity index (χ4v) is 1.69. The maximum atomic E-state index is 12.8. The Hall–Kier alpha value is -1.08. The smallest absolute Gasteiger partial charge is 0.357 e. The predicted molar refractivity (Wildman–Crippen MR) is 56.1 cm³/mol. The summed E-state index contributed by atoms with van der Waals surface area (Å²) in [7, 11) is 1.10. The Kier molecular flexibility index (Phi) is 4.31. The van der Waals surface area contributed by atoms with E-state index in [1.807, 2.05) is 0 Å². The maximum Gasteiger partial charge on any atom is 0.357 e. The zero-order valence-electron chi connectivity index (χ0n) is 8.34. The van der Waals surface area contributed by atoms with Crippen molar-refractivity contribution in [1.82, 2.24) is 4.98 Å². The number of hydrogen-bond acceptors (Lipinski definition) is 4. The van der Waals surface area contributed by atoms with E-state index < -0.39 is 23.7 Å².